The number of aliphatic imine (C=N–C) groups is 1. The number of nitrogens with one attached hydrogen (secondary N) is 1. The monoisotopic (exact) mass is 504 g/mol. The maximum Gasteiger partial charge on any atom is 0.262 e. The lowest BCUT2D eigenvalue weighted by Gasteiger charge is -2.14. The van der Waals surface area contributed by atoms with Gasteiger partial charge in [-0.25, -0.2) is 0 Å². The average molecular weight is 506 g/mol. The molecule has 0 aliphatic heterocycles. The van der Waals surface area contributed by atoms with Crippen molar-refractivity contribution >= 4 is 58.3 Å². The Morgan fingerprint density at radius 2 is 1.64 bits per heavy atom. The van der Waals surface area contributed by atoms with Crippen molar-refractivity contribution in [1.82, 2.24) is 0 Å². The zero-order chi connectivity index (χ0) is 24.0. The Morgan fingerprint density at radius 3 is 2.30 bits per heavy atom. The van der Waals surface area contributed by atoms with E-state index in [4.69, 9.17) is 44.3 Å². The number of anilines is 1. The number of hydrogen-bond acceptors (Lipinski definition) is 4. The van der Waals surface area contributed by atoms with Crippen LogP contribution in [-0.2, 0) is 4.79 Å². The van der Waals surface area contributed by atoms with Crippen LogP contribution in [0, 0.1) is 13.8 Å². The molecule has 172 valence electrons. The Balaban J connectivity index is 1.73. The number of hydrogen-bond donors (Lipinski definition) is 1. The van der Waals surface area contributed by atoms with E-state index in [0.717, 1.165) is 11.1 Å². The van der Waals surface area contributed by atoms with Crippen molar-refractivity contribution in [3.05, 3.63) is 80.3 Å². The van der Waals surface area contributed by atoms with Gasteiger partial charge >= 0.3 is 0 Å². The van der Waals surface area contributed by atoms with Gasteiger partial charge in [0.15, 0.2) is 18.1 Å². The molecule has 0 atom stereocenters. The largest absolute Gasteiger partial charge is 0.490 e. The minimum Gasteiger partial charge on any atom is -0.490 e. The topological polar surface area (TPSA) is 59.9 Å². The fraction of sp³-hybridized carbons (Fsp3) is 0.200. The molecule has 33 heavy (non-hydrogen) atoms. The molecule has 0 aliphatic carbocycles. The second-order valence-electron chi connectivity index (χ2n) is 7.26. The van der Waals surface area contributed by atoms with Crippen molar-refractivity contribution in [3.8, 4) is 11.5 Å². The zero-order valence-corrected chi connectivity index (χ0v) is 20.7. The number of carbonyl (C=O) groups is 1. The predicted molar refractivity (Wildman–Crippen MR) is 136 cm³/mol. The number of ether oxygens (including phenoxy) is 2. The number of benzene rings is 3. The first-order chi connectivity index (χ1) is 15.8. The number of carbonyl (C=O) groups excluding carboxylic acids is 1. The highest BCUT2D eigenvalue weighted by Gasteiger charge is 2.14. The van der Waals surface area contributed by atoms with Gasteiger partial charge in [0.2, 0.25) is 0 Å². The van der Waals surface area contributed by atoms with Crippen LogP contribution >= 0.6 is 34.8 Å². The molecule has 3 aromatic rings. The molecule has 0 saturated carbocycles. The summed E-state index contributed by atoms with van der Waals surface area (Å²) < 4.78 is 11.4. The van der Waals surface area contributed by atoms with Gasteiger partial charge in [-0.15, -0.1) is 0 Å². The van der Waals surface area contributed by atoms with Gasteiger partial charge < -0.3 is 14.8 Å². The van der Waals surface area contributed by atoms with Crippen molar-refractivity contribution in [3.63, 3.8) is 0 Å². The van der Waals surface area contributed by atoms with Crippen LogP contribution in [0.1, 0.15) is 23.6 Å². The van der Waals surface area contributed by atoms with E-state index >= 15 is 0 Å². The SMILES string of the molecule is CCOc1cc(C=Nc2ccc(C)c(Cl)c2)cc(Cl)c1OCC(=O)Nc1ccc(C)c(Cl)c1. The molecule has 0 aliphatic rings. The molecule has 8 heteroatoms. The summed E-state index contributed by atoms with van der Waals surface area (Å²) in [5.41, 5.74) is 3.92. The molecule has 0 unspecified atom stereocenters. The highest BCUT2D eigenvalue weighted by Crippen LogP contribution is 2.36. The van der Waals surface area contributed by atoms with Gasteiger partial charge in [-0.1, -0.05) is 46.9 Å². The van der Waals surface area contributed by atoms with E-state index < -0.39 is 0 Å². The Hall–Kier alpha value is -2.73. The summed E-state index contributed by atoms with van der Waals surface area (Å²) in [4.78, 5) is 16.8. The first-order valence-electron chi connectivity index (χ1n) is 10.2. The van der Waals surface area contributed by atoms with Crippen LogP contribution in [-0.4, -0.2) is 25.3 Å². The van der Waals surface area contributed by atoms with Crippen LogP contribution < -0.4 is 14.8 Å². The molecule has 0 spiro atoms. The molecule has 0 heterocycles. The lowest BCUT2D eigenvalue weighted by atomic mass is 10.2. The Labute approximate surface area is 208 Å². The summed E-state index contributed by atoms with van der Waals surface area (Å²) in [5.74, 6) is 0.348. The summed E-state index contributed by atoms with van der Waals surface area (Å²) in [6.45, 7) is 5.81. The second-order valence-corrected chi connectivity index (χ2v) is 8.48. The fourth-order valence-electron chi connectivity index (χ4n) is 2.88. The van der Waals surface area contributed by atoms with Gasteiger partial charge in [0, 0.05) is 21.9 Å². The van der Waals surface area contributed by atoms with Crippen LogP contribution in [0.4, 0.5) is 11.4 Å². The smallest absolute Gasteiger partial charge is 0.262 e. The van der Waals surface area contributed by atoms with Crippen LogP contribution in [0.25, 0.3) is 0 Å². The number of rotatable bonds is 8. The van der Waals surface area contributed by atoms with E-state index in [-0.39, 0.29) is 18.3 Å². The molecule has 3 aromatic carbocycles. The van der Waals surface area contributed by atoms with Gasteiger partial charge in [-0.3, -0.25) is 9.79 Å². The molecule has 5 nitrogen and oxygen atoms in total. The van der Waals surface area contributed by atoms with Crippen molar-refractivity contribution in [2.75, 3.05) is 18.5 Å². The summed E-state index contributed by atoms with van der Waals surface area (Å²) in [6.07, 6.45) is 1.66. The maximum absolute atomic E-state index is 12.3. The minimum atomic E-state index is -0.352. The Morgan fingerprint density at radius 1 is 0.939 bits per heavy atom. The third-order valence-electron chi connectivity index (χ3n) is 4.65. The highest BCUT2D eigenvalue weighted by molar-refractivity contribution is 6.33. The normalized spacial score (nSPS) is 11.0. The van der Waals surface area contributed by atoms with Crippen molar-refractivity contribution in [2.24, 2.45) is 4.99 Å². The number of amides is 1. The number of halogens is 3. The zero-order valence-electron chi connectivity index (χ0n) is 18.4. The van der Waals surface area contributed by atoms with Gasteiger partial charge in [-0.2, -0.15) is 0 Å². The first-order valence-corrected chi connectivity index (χ1v) is 11.4. The second kappa shape index (κ2) is 11.4. The standard InChI is InChI=1S/C25H23Cl3N2O3/c1-4-32-23-10-17(13-29-18-7-5-15(2)20(26)11-18)9-22(28)25(23)33-14-24(31)30-19-8-6-16(3)21(27)12-19/h5-13H,4,14H2,1-3H3,(H,30,31). The molecule has 1 amide bonds. The van der Waals surface area contributed by atoms with Gasteiger partial charge in [0.1, 0.15) is 0 Å². The van der Waals surface area contributed by atoms with E-state index in [9.17, 15) is 4.79 Å². The molecule has 0 bridgehead atoms. The molecule has 1 N–H and O–H groups in total. The van der Waals surface area contributed by atoms with Gasteiger partial charge in [0.05, 0.1) is 17.3 Å². The molecule has 0 saturated heterocycles. The van der Waals surface area contributed by atoms with E-state index in [0.29, 0.717) is 44.4 Å². The van der Waals surface area contributed by atoms with Gasteiger partial charge in [-0.05, 0) is 73.9 Å². The van der Waals surface area contributed by atoms with E-state index in [1.54, 1.807) is 36.5 Å². The summed E-state index contributed by atoms with van der Waals surface area (Å²) >= 11 is 18.7. The first kappa shape index (κ1) is 24.9. The minimum absolute atomic E-state index is 0.249. The van der Waals surface area contributed by atoms with Crippen LogP contribution in [0.3, 0.4) is 0 Å². The fourth-order valence-corrected chi connectivity index (χ4v) is 3.51. The molecule has 0 radical (unpaired) electrons. The van der Waals surface area contributed by atoms with E-state index in [1.807, 2.05) is 39.0 Å². The molecule has 0 aromatic heterocycles. The lowest BCUT2D eigenvalue weighted by molar-refractivity contribution is -0.118. The predicted octanol–water partition coefficient (Wildman–Crippen LogP) is 7.43. The van der Waals surface area contributed by atoms with Crippen molar-refractivity contribution in [1.29, 1.82) is 0 Å². The third-order valence-corrected chi connectivity index (χ3v) is 5.75. The summed E-state index contributed by atoms with van der Waals surface area (Å²) in [5, 5.41) is 4.26. The molecule has 3 rings (SSSR count). The summed E-state index contributed by atoms with van der Waals surface area (Å²) in [7, 11) is 0. The van der Waals surface area contributed by atoms with Gasteiger partial charge in [0.25, 0.3) is 5.91 Å². The Kier molecular flexibility index (Phi) is 8.61. The van der Waals surface area contributed by atoms with E-state index in [1.165, 1.54) is 0 Å². The molecular weight excluding hydrogens is 483 g/mol. The molecular formula is C25H23Cl3N2O3. The Bertz CT molecular complexity index is 1200. The lowest BCUT2D eigenvalue weighted by Crippen LogP contribution is -2.20. The molecule has 0 fully saturated rings. The van der Waals surface area contributed by atoms with Crippen LogP contribution in [0.2, 0.25) is 15.1 Å². The third kappa shape index (κ3) is 6.87. The van der Waals surface area contributed by atoms with Crippen molar-refractivity contribution < 1.29 is 14.3 Å². The van der Waals surface area contributed by atoms with E-state index in [2.05, 4.69) is 10.3 Å². The number of aryl methyl sites for hydroxylation is 2. The highest BCUT2D eigenvalue weighted by atomic mass is 35.5. The van der Waals surface area contributed by atoms with Crippen molar-refractivity contribution in [2.45, 2.75) is 20.8 Å². The number of nitrogens with zero attached hydrogens (tertiary/aromatic N) is 1. The maximum atomic E-state index is 12.3. The van der Waals surface area contributed by atoms with Crippen LogP contribution in [0.15, 0.2) is 53.5 Å². The quantitative estimate of drug-likeness (QED) is 0.324. The summed E-state index contributed by atoms with van der Waals surface area (Å²) in [6, 6.07) is 14.3. The average Bonchev–Trinajstić information content (AvgIpc) is 2.77. The van der Waals surface area contributed by atoms with Crippen LogP contribution in [0.5, 0.6) is 11.5 Å².